The van der Waals surface area contributed by atoms with Crippen molar-refractivity contribution in [2.45, 2.75) is 38.6 Å². The first-order valence-corrected chi connectivity index (χ1v) is 11.1. The van der Waals surface area contributed by atoms with E-state index in [4.69, 9.17) is 16.3 Å². The first-order chi connectivity index (χ1) is 10.5. The molecule has 2 aromatic rings. The Labute approximate surface area is 137 Å². The third kappa shape index (κ3) is 4.45. The number of rotatable bonds is 5. The smallest absolute Gasteiger partial charge is 0.361 e. The van der Waals surface area contributed by atoms with Crippen molar-refractivity contribution in [2.24, 2.45) is 0 Å². The van der Waals surface area contributed by atoms with Gasteiger partial charge in [0.2, 0.25) is 5.28 Å². The van der Waals surface area contributed by atoms with Crippen LogP contribution in [0.3, 0.4) is 0 Å². The highest BCUT2D eigenvalue weighted by atomic mass is 35.5. The van der Waals surface area contributed by atoms with Crippen LogP contribution < -0.4 is 0 Å². The van der Waals surface area contributed by atoms with Gasteiger partial charge in [0.05, 0.1) is 11.1 Å². The lowest BCUT2D eigenvalue weighted by atomic mass is 10.2. The number of nitrogens with zero attached hydrogens (tertiary/aromatic N) is 2. The average molecular weight is 369 g/mol. The van der Waals surface area contributed by atoms with Crippen molar-refractivity contribution in [3.63, 3.8) is 0 Å². The minimum atomic E-state index is -4.64. The molecule has 0 radical (unpaired) electrons. The molecule has 9 heteroatoms. The van der Waals surface area contributed by atoms with E-state index >= 15 is 0 Å². The monoisotopic (exact) mass is 368 g/mol. The number of imidazole rings is 1. The molecule has 0 amide bonds. The Hall–Kier alpha value is -1.12. The third-order valence-corrected chi connectivity index (χ3v) is 5.30. The molecule has 0 N–H and O–H groups in total. The fraction of sp³-hybridized carbons (Fsp3) is 0.500. The average Bonchev–Trinajstić information content (AvgIpc) is 2.69. The Kier molecular flexibility index (Phi) is 5.08. The normalized spacial score (nSPS) is 13.0. The van der Waals surface area contributed by atoms with Crippen LogP contribution in [-0.4, -0.2) is 24.2 Å². The maximum Gasteiger partial charge on any atom is 0.416 e. The summed E-state index contributed by atoms with van der Waals surface area (Å²) >= 11 is 5.91. The molecule has 0 spiro atoms. The van der Waals surface area contributed by atoms with Crippen molar-refractivity contribution in [3.05, 3.63) is 28.8 Å². The van der Waals surface area contributed by atoms with Gasteiger partial charge in [0, 0.05) is 14.7 Å². The predicted octanol–water partition coefficient (Wildman–Crippen LogP) is 5.16. The summed E-state index contributed by atoms with van der Waals surface area (Å²) in [5.41, 5.74) is -1.31. The van der Waals surface area contributed by atoms with Crippen LogP contribution in [0.25, 0.3) is 11.0 Å². The van der Waals surface area contributed by atoms with Gasteiger partial charge in [0.1, 0.15) is 12.2 Å². The van der Waals surface area contributed by atoms with Gasteiger partial charge in [0.15, 0.2) is 5.82 Å². The molecule has 0 bridgehead atoms. The van der Waals surface area contributed by atoms with Gasteiger partial charge in [-0.2, -0.15) is 13.2 Å². The largest absolute Gasteiger partial charge is 0.416 e. The summed E-state index contributed by atoms with van der Waals surface area (Å²) in [7, 11) is -1.28. The second kappa shape index (κ2) is 6.41. The lowest BCUT2D eigenvalue weighted by molar-refractivity contribution is -0.137. The van der Waals surface area contributed by atoms with E-state index in [0.717, 1.165) is 12.1 Å². The lowest BCUT2D eigenvalue weighted by Gasteiger charge is -2.16. The van der Waals surface area contributed by atoms with Gasteiger partial charge in [-0.15, -0.1) is 0 Å². The molecule has 1 aromatic carbocycles. The van der Waals surface area contributed by atoms with E-state index in [0.29, 0.717) is 12.7 Å². The Balaban J connectivity index is 2.29. The van der Waals surface area contributed by atoms with Gasteiger partial charge in [-0.25, -0.2) is 9.37 Å². The predicted molar refractivity (Wildman–Crippen MR) is 83.8 cm³/mol. The van der Waals surface area contributed by atoms with Crippen molar-refractivity contribution < 1.29 is 22.3 Å². The Morgan fingerprint density at radius 3 is 2.48 bits per heavy atom. The molecule has 0 saturated heterocycles. The van der Waals surface area contributed by atoms with Crippen molar-refractivity contribution in [1.29, 1.82) is 0 Å². The zero-order valence-electron chi connectivity index (χ0n) is 13.0. The number of halogens is 5. The molecule has 0 unspecified atom stereocenters. The summed E-state index contributed by atoms with van der Waals surface area (Å²) in [5, 5.41) is -0.105. The molecule has 0 aliphatic heterocycles. The molecular weight excluding hydrogens is 352 g/mol. The lowest BCUT2D eigenvalue weighted by Crippen LogP contribution is -2.22. The highest BCUT2D eigenvalue weighted by Gasteiger charge is 2.32. The highest BCUT2D eigenvalue weighted by molar-refractivity contribution is 6.76. The van der Waals surface area contributed by atoms with Crippen LogP contribution in [0.4, 0.5) is 17.6 Å². The van der Waals surface area contributed by atoms with Gasteiger partial charge >= 0.3 is 6.18 Å². The van der Waals surface area contributed by atoms with Crippen LogP contribution in [-0.2, 0) is 17.6 Å². The third-order valence-electron chi connectivity index (χ3n) is 3.30. The van der Waals surface area contributed by atoms with Crippen molar-refractivity contribution in [1.82, 2.24) is 9.55 Å². The van der Waals surface area contributed by atoms with E-state index in [1.807, 2.05) is 0 Å². The maximum absolute atomic E-state index is 13.8. The quantitative estimate of drug-likeness (QED) is 0.414. The van der Waals surface area contributed by atoms with Crippen LogP contribution in [0, 0.1) is 5.82 Å². The second-order valence-electron chi connectivity index (χ2n) is 6.48. The van der Waals surface area contributed by atoms with Crippen molar-refractivity contribution in [2.75, 3.05) is 6.61 Å². The van der Waals surface area contributed by atoms with Crippen LogP contribution in [0.15, 0.2) is 12.1 Å². The zero-order chi connectivity index (χ0) is 17.4. The van der Waals surface area contributed by atoms with E-state index in [-0.39, 0.29) is 23.0 Å². The summed E-state index contributed by atoms with van der Waals surface area (Å²) in [6.45, 7) is 6.94. The Bertz CT molecular complexity index is 709. The molecule has 1 heterocycles. The van der Waals surface area contributed by atoms with Crippen molar-refractivity contribution >= 4 is 30.7 Å². The molecule has 3 nitrogen and oxygen atoms in total. The molecular formula is C14H17ClF4N2OSi. The van der Waals surface area contributed by atoms with Crippen LogP contribution in [0.5, 0.6) is 0 Å². The van der Waals surface area contributed by atoms with Gasteiger partial charge in [-0.3, -0.25) is 4.57 Å². The van der Waals surface area contributed by atoms with Gasteiger partial charge in [-0.05, 0) is 29.8 Å². The minimum Gasteiger partial charge on any atom is -0.361 e. The molecule has 0 aliphatic rings. The van der Waals surface area contributed by atoms with Crippen LogP contribution >= 0.6 is 11.6 Å². The number of hydrogen-bond acceptors (Lipinski definition) is 2. The molecule has 128 valence electrons. The topological polar surface area (TPSA) is 27.1 Å². The van der Waals surface area contributed by atoms with Gasteiger partial charge in [-0.1, -0.05) is 19.6 Å². The summed E-state index contributed by atoms with van der Waals surface area (Å²) in [6.07, 6.45) is -4.64. The molecule has 0 saturated carbocycles. The summed E-state index contributed by atoms with van der Waals surface area (Å²) in [6, 6.07) is 2.15. The Morgan fingerprint density at radius 1 is 1.26 bits per heavy atom. The van der Waals surface area contributed by atoms with Gasteiger partial charge in [0.25, 0.3) is 0 Å². The summed E-state index contributed by atoms with van der Waals surface area (Å²) in [5.74, 6) is -1.06. The van der Waals surface area contributed by atoms with Crippen LogP contribution in [0.2, 0.25) is 31.0 Å². The second-order valence-corrected chi connectivity index (χ2v) is 12.4. The maximum atomic E-state index is 13.8. The van der Waals surface area contributed by atoms with E-state index < -0.39 is 25.6 Å². The molecule has 0 aliphatic carbocycles. The number of hydrogen-bond donors (Lipinski definition) is 0. The molecule has 0 fully saturated rings. The summed E-state index contributed by atoms with van der Waals surface area (Å²) < 4.78 is 59.0. The number of fused-ring (bicyclic) bond motifs is 1. The van der Waals surface area contributed by atoms with Crippen LogP contribution in [0.1, 0.15) is 5.56 Å². The number of benzene rings is 1. The number of ether oxygens (including phenoxy) is 1. The van der Waals surface area contributed by atoms with E-state index in [2.05, 4.69) is 24.6 Å². The standard InChI is InChI=1S/C14H17ClF4N2OSi/c1-23(2,3)5-4-22-8-21-11-7-9(14(17,18)19)6-10(16)12(11)20-13(21)15/h6-7H,4-5,8H2,1-3H3. The Morgan fingerprint density at radius 2 is 1.91 bits per heavy atom. The SMILES string of the molecule is C[Si](C)(C)CCOCn1c(Cl)nc2c(F)cc(C(F)(F)F)cc21. The van der Waals surface area contributed by atoms with Gasteiger partial charge < -0.3 is 4.74 Å². The molecule has 2 rings (SSSR count). The summed E-state index contributed by atoms with van der Waals surface area (Å²) in [4.78, 5) is 3.78. The molecule has 23 heavy (non-hydrogen) atoms. The van der Waals surface area contributed by atoms with E-state index in [1.54, 1.807) is 0 Å². The van der Waals surface area contributed by atoms with E-state index in [1.165, 1.54) is 4.57 Å². The van der Waals surface area contributed by atoms with Crippen molar-refractivity contribution in [3.8, 4) is 0 Å². The number of alkyl halides is 3. The molecule has 1 aromatic heterocycles. The fourth-order valence-electron chi connectivity index (χ4n) is 1.97. The number of aromatic nitrogens is 2. The highest BCUT2D eigenvalue weighted by Crippen LogP contribution is 2.33. The first kappa shape index (κ1) is 18.2. The molecule has 0 atom stereocenters. The minimum absolute atomic E-state index is 0.0321. The van der Waals surface area contributed by atoms with E-state index in [9.17, 15) is 17.6 Å². The zero-order valence-corrected chi connectivity index (χ0v) is 14.7. The fourth-order valence-corrected chi connectivity index (χ4v) is 2.95. The first-order valence-electron chi connectivity index (χ1n) is 6.99.